The van der Waals surface area contributed by atoms with Crippen molar-refractivity contribution < 1.29 is 33.5 Å². The van der Waals surface area contributed by atoms with E-state index in [9.17, 15) is 19.7 Å². The number of nitro benzene ring substituents is 1. The van der Waals surface area contributed by atoms with Crippen molar-refractivity contribution in [3.63, 3.8) is 0 Å². The summed E-state index contributed by atoms with van der Waals surface area (Å²) < 4.78 is 21.8. The van der Waals surface area contributed by atoms with Gasteiger partial charge in [0.1, 0.15) is 29.2 Å². The zero-order valence-corrected chi connectivity index (χ0v) is 27.6. The smallest absolute Gasteiger partial charge is 0.407 e. The Labute approximate surface area is 268 Å². The highest BCUT2D eigenvalue weighted by Crippen LogP contribution is 2.33. The number of nitrogens with one attached hydrogen (secondary N) is 2. The Hall–Kier alpha value is -4.88. The van der Waals surface area contributed by atoms with Gasteiger partial charge in [-0.25, -0.2) is 9.59 Å². The third-order valence-electron chi connectivity index (χ3n) is 6.19. The predicted molar refractivity (Wildman–Crippen MR) is 175 cm³/mol. The van der Waals surface area contributed by atoms with Crippen LogP contribution in [-0.4, -0.2) is 66.0 Å². The standard InChI is InChI=1S/C16H21N3O5.C16H23N3O3/c1-10(7-18-15(20)24-16(2,3)4)23-14-6-12-9-17-8-11(12)5-13(14)19(21)22;1-10(7-19-15(20)22-16(2,3)4)21-14-6-12-9-18-8-11(12)5-13(14)17/h5-6,8,10H,7,9H2,1-4H3,(H,18,20);5-6,8,10H,7,9,17H2,1-4H3,(H,19,20)/t2*10-/m00/s1. The molecule has 4 rings (SSSR count). The van der Waals surface area contributed by atoms with Gasteiger partial charge in [-0.1, -0.05) is 0 Å². The number of rotatable bonds is 9. The Kier molecular flexibility index (Phi) is 11.6. The van der Waals surface area contributed by atoms with E-state index in [1.165, 1.54) is 6.07 Å². The van der Waals surface area contributed by atoms with Gasteiger partial charge in [0.05, 0.1) is 36.8 Å². The number of nitrogens with two attached hydrogens (primary N) is 1. The Morgan fingerprint density at radius 1 is 0.826 bits per heavy atom. The number of anilines is 1. The number of fused-ring (bicyclic) bond motifs is 2. The van der Waals surface area contributed by atoms with Crippen LogP contribution in [0.4, 0.5) is 21.0 Å². The number of hydrogen-bond donors (Lipinski definition) is 3. The number of hydrogen-bond acceptors (Lipinski definition) is 11. The largest absolute Gasteiger partial charge is 0.487 e. The zero-order valence-electron chi connectivity index (χ0n) is 27.6. The van der Waals surface area contributed by atoms with Gasteiger partial charge in [-0.15, -0.1) is 0 Å². The second-order valence-corrected chi connectivity index (χ2v) is 12.9. The molecule has 250 valence electrons. The molecular formula is C32H44N6O8. The number of nitro groups is 1. The van der Waals surface area contributed by atoms with Crippen LogP contribution in [0.25, 0.3) is 0 Å². The minimum absolute atomic E-state index is 0.119. The SMILES string of the molecule is C[C@@H](CNC(=O)OC(C)(C)C)Oc1cc2c(cc1N)C=NC2.C[C@@H](CNC(=O)OC(C)(C)C)Oc1cc2c(cc1[N+](=O)[O-])C=NC2. The summed E-state index contributed by atoms with van der Waals surface area (Å²) in [5.41, 5.74) is 9.06. The highest BCUT2D eigenvalue weighted by Gasteiger charge is 2.23. The van der Waals surface area contributed by atoms with E-state index in [4.69, 9.17) is 24.7 Å². The molecule has 0 aliphatic carbocycles. The molecule has 0 saturated heterocycles. The van der Waals surface area contributed by atoms with Gasteiger partial charge in [-0.3, -0.25) is 20.1 Å². The summed E-state index contributed by atoms with van der Waals surface area (Å²) in [6.45, 7) is 16.0. The van der Waals surface area contributed by atoms with E-state index >= 15 is 0 Å². The normalized spacial score (nSPS) is 14.2. The van der Waals surface area contributed by atoms with E-state index in [1.54, 1.807) is 40.0 Å². The van der Waals surface area contributed by atoms with Gasteiger partial charge in [-0.2, -0.15) is 0 Å². The lowest BCUT2D eigenvalue weighted by atomic mass is 10.1. The first-order valence-electron chi connectivity index (χ1n) is 14.9. The van der Waals surface area contributed by atoms with E-state index in [0.717, 1.165) is 22.3 Å². The molecule has 46 heavy (non-hydrogen) atoms. The van der Waals surface area contributed by atoms with Crippen molar-refractivity contribution in [3.05, 3.63) is 56.6 Å². The molecule has 2 amide bonds. The second kappa shape index (κ2) is 14.9. The zero-order chi connectivity index (χ0) is 34.2. The number of aliphatic imine (C=N–C) groups is 2. The minimum Gasteiger partial charge on any atom is -0.487 e. The second-order valence-electron chi connectivity index (χ2n) is 12.9. The molecule has 2 atom stereocenters. The lowest BCUT2D eigenvalue weighted by Crippen LogP contribution is -2.37. The molecule has 2 aliphatic heterocycles. The minimum atomic E-state index is -0.590. The fourth-order valence-electron chi connectivity index (χ4n) is 4.22. The number of carbonyl (C=O) groups is 2. The van der Waals surface area contributed by atoms with Crippen molar-refractivity contribution in [2.24, 2.45) is 9.98 Å². The maximum absolute atomic E-state index is 11.6. The Morgan fingerprint density at radius 3 is 1.72 bits per heavy atom. The molecule has 0 radical (unpaired) electrons. The maximum atomic E-state index is 11.6. The van der Waals surface area contributed by atoms with Crippen molar-refractivity contribution in [1.29, 1.82) is 0 Å². The molecule has 0 saturated carbocycles. The average Bonchev–Trinajstić information content (AvgIpc) is 3.57. The molecule has 14 heteroatoms. The van der Waals surface area contributed by atoms with Crippen LogP contribution < -0.4 is 25.8 Å². The molecule has 0 unspecified atom stereocenters. The van der Waals surface area contributed by atoms with Crippen molar-refractivity contribution in [3.8, 4) is 11.5 Å². The number of ether oxygens (including phenoxy) is 4. The van der Waals surface area contributed by atoms with Crippen LogP contribution in [0.2, 0.25) is 0 Å². The molecule has 2 aromatic carbocycles. The lowest BCUT2D eigenvalue weighted by molar-refractivity contribution is -0.386. The Balaban J connectivity index is 0.000000251. The molecule has 4 N–H and O–H groups in total. The summed E-state index contributed by atoms with van der Waals surface area (Å²) >= 11 is 0. The number of nitrogens with zero attached hydrogens (tertiary/aromatic N) is 3. The third-order valence-corrected chi connectivity index (χ3v) is 6.19. The molecule has 14 nitrogen and oxygen atoms in total. The van der Waals surface area contributed by atoms with E-state index in [-0.39, 0.29) is 24.1 Å². The van der Waals surface area contributed by atoms with Crippen LogP contribution in [-0.2, 0) is 22.6 Å². The van der Waals surface area contributed by atoms with E-state index < -0.39 is 34.4 Å². The molecule has 0 aromatic heterocycles. The first-order chi connectivity index (χ1) is 21.4. The van der Waals surface area contributed by atoms with Crippen molar-refractivity contribution in [1.82, 2.24) is 10.6 Å². The number of nitrogen functional groups attached to an aromatic ring is 1. The summed E-state index contributed by atoms with van der Waals surface area (Å²) in [6, 6.07) is 6.84. The molecule has 0 spiro atoms. The fourth-order valence-corrected chi connectivity index (χ4v) is 4.22. The summed E-state index contributed by atoms with van der Waals surface area (Å²) in [5, 5.41) is 16.5. The molecular weight excluding hydrogens is 596 g/mol. The Morgan fingerprint density at radius 2 is 1.26 bits per heavy atom. The summed E-state index contributed by atoms with van der Waals surface area (Å²) in [5.74, 6) is 0.783. The third kappa shape index (κ3) is 11.2. The molecule has 2 aromatic rings. The first kappa shape index (κ1) is 35.6. The summed E-state index contributed by atoms with van der Waals surface area (Å²) in [6.07, 6.45) is 1.71. The van der Waals surface area contributed by atoms with Crippen molar-refractivity contribution in [2.45, 2.75) is 91.9 Å². The number of alkyl carbamates (subject to hydrolysis) is 2. The van der Waals surface area contributed by atoms with Crippen LogP contribution in [0.1, 0.15) is 77.6 Å². The molecule has 0 fully saturated rings. The van der Waals surface area contributed by atoms with Gasteiger partial charge < -0.3 is 35.3 Å². The highest BCUT2D eigenvalue weighted by atomic mass is 16.6. The van der Waals surface area contributed by atoms with Crippen molar-refractivity contribution in [2.75, 3.05) is 18.8 Å². The summed E-state index contributed by atoms with van der Waals surface area (Å²) in [7, 11) is 0. The van der Waals surface area contributed by atoms with Gasteiger partial charge in [0.25, 0.3) is 0 Å². The van der Waals surface area contributed by atoms with Crippen LogP contribution >= 0.6 is 0 Å². The monoisotopic (exact) mass is 640 g/mol. The number of benzene rings is 2. The van der Waals surface area contributed by atoms with Gasteiger partial charge in [-0.05, 0) is 90.3 Å². The van der Waals surface area contributed by atoms with E-state index in [2.05, 4.69) is 20.6 Å². The van der Waals surface area contributed by atoms with Gasteiger partial charge >= 0.3 is 17.9 Å². The fraction of sp³-hybridized carbons (Fsp3) is 0.500. The number of carbonyl (C=O) groups excluding carboxylic acids is 2. The Bertz CT molecular complexity index is 1490. The lowest BCUT2D eigenvalue weighted by Gasteiger charge is -2.21. The van der Waals surface area contributed by atoms with Gasteiger partial charge in [0, 0.05) is 24.1 Å². The van der Waals surface area contributed by atoms with Crippen LogP contribution in [0.5, 0.6) is 11.5 Å². The molecule has 2 aliphatic rings. The first-order valence-corrected chi connectivity index (χ1v) is 14.9. The highest BCUT2D eigenvalue weighted by molar-refractivity contribution is 5.87. The quantitative estimate of drug-likeness (QED) is 0.185. The average molecular weight is 641 g/mol. The van der Waals surface area contributed by atoms with Gasteiger partial charge in [0.15, 0.2) is 5.75 Å². The molecule has 2 heterocycles. The predicted octanol–water partition coefficient (Wildman–Crippen LogP) is 5.31. The van der Waals surface area contributed by atoms with E-state index in [0.29, 0.717) is 31.1 Å². The topological polar surface area (TPSA) is 189 Å². The summed E-state index contributed by atoms with van der Waals surface area (Å²) in [4.78, 5) is 42.2. The molecule has 0 bridgehead atoms. The van der Waals surface area contributed by atoms with E-state index in [1.807, 2.05) is 46.0 Å². The number of amides is 2. The maximum Gasteiger partial charge on any atom is 0.407 e. The van der Waals surface area contributed by atoms with Crippen LogP contribution in [0.15, 0.2) is 34.3 Å². The van der Waals surface area contributed by atoms with Crippen molar-refractivity contribution >= 4 is 36.0 Å². The van der Waals surface area contributed by atoms with Gasteiger partial charge in [0.2, 0.25) is 0 Å². The van der Waals surface area contributed by atoms with Crippen LogP contribution in [0, 0.1) is 10.1 Å². The van der Waals surface area contributed by atoms with Crippen LogP contribution in [0.3, 0.4) is 0 Å².